The maximum atomic E-state index is 13.2. The SMILES string of the molecule is CC1=CC=C(C(C)(C)O)C(F)N1. The van der Waals surface area contributed by atoms with Crippen LogP contribution in [0.3, 0.4) is 0 Å². The quantitative estimate of drug-likeness (QED) is 0.586. The minimum atomic E-state index is -1.27. The number of allylic oxidation sites excluding steroid dienone is 3. The Balaban J connectivity index is 2.91. The molecule has 2 nitrogen and oxygen atoms in total. The van der Waals surface area contributed by atoms with Crippen molar-refractivity contribution in [1.82, 2.24) is 5.32 Å². The minimum absolute atomic E-state index is 0.369. The summed E-state index contributed by atoms with van der Waals surface area (Å²) in [5.41, 5.74) is 0.0486. The fourth-order valence-electron chi connectivity index (χ4n) is 1.14. The van der Waals surface area contributed by atoms with Crippen LogP contribution in [0.4, 0.5) is 4.39 Å². The van der Waals surface area contributed by atoms with E-state index in [0.29, 0.717) is 5.57 Å². The fourth-order valence-corrected chi connectivity index (χ4v) is 1.14. The van der Waals surface area contributed by atoms with Crippen LogP contribution < -0.4 is 5.32 Å². The molecule has 1 aliphatic heterocycles. The molecule has 68 valence electrons. The molecule has 0 aromatic carbocycles. The molecule has 0 aromatic heterocycles. The van der Waals surface area contributed by atoms with Crippen LogP contribution in [0.15, 0.2) is 23.4 Å². The molecule has 0 saturated carbocycles. The lowest BCUT2D eigenvalue weighted by Crippen LogP contribution is -2.37. The third-order valence-electron chi connectivity index (χ3n) is 1.85. The number of rotatable bonds is 1. The zero-order valence-corrected chi connectivity index (χ0v) is 7.56. The first-order valence-electron chi connectivity index (χ1n) is 3.93. The number of halogens is 1. The van der Waals surface area contributed by atoms with E-state index >= 15 is 0 Å². The number of dihydropyridines is 1. The normalized spacial score (nSPS) is 24.2. The average Bonchev–Trinajstić information content (AvgIpc) is 1.83. The van der Waals surface area contributed by atoms with Crippen LogP contribution >= 0.6 is 0 Å². The predicted octanol–water partition coefficient (Wildman–Crippen LogP) is 1.49. The van der Waals surface area contributed by atoms with Crippen molar-refractivity contribution < 1.29 is 9.50 Å². The van der Waals surface area contributed by atoms with E-state index in [0.717, 1.165) is 5.70 Å². The molecule has 0 fully saturated rings. The van der Waals surface area contributed by atoms with Gasteiger partial charge in [0.15, 0.2) is 6.30 Å². The number of hydrogen-bond acceptors (Lipinski definition) is 2. The van der Waals surface area contributed by atoms with Crippen LogP contribution in [-0.2, 0) is 0 Å². The highest BCUT2D eigenvalue weighted by Crippen LogP contribution is 2.23. The summed E-state index contributed by atoms with van der Waals surface area (Å²) in [5.74, 6) is 0. The van der Waals surface area contributed by atoms with Crippen molar-refractivity contribution in [3.8, 4) is 0 Å². The van der Waals surface area contributed by atoms with Crippen LogP contribution in [0.5, 0.6) is 0 Å². The lowest BCUT2D eigenvalue weighted by atomic mass is 9.95. The summed E-state index contributed by atoms with van der Waals surface area (Å²) in [7, 11) is 0. The lowest BCUT2D eigenvalue weighted by molar-refractivity contribution is 0.0963. The lowest BCUT2D eigenvalue weighted by Gasteiger charge is -2.28. The molecule has 1 unspecified atom stereocenters. The van der Waals surface area contributed by atoms with Crippen LogP contribution in [0.25, 0.3) is 0 Å². The molecule has 0 amide bonds. The molecule has 1 heterocycles. The highest BCUT2D eigenvalue weighted by molar-refractivity contribution is 5.29. The van der Waals surface area contributed by atoms with Gasteiger partial charge in [0.25, 0.3) is 0 Å². The Morgan fingerprint density at radius 1 is 1.50 bits per heavy atom. The third kappa shape index (κ3) is 1.85. The van der Waals surface area contributed by atoms with Crippen LogP contribution in [-0.4, -0.2) is 17.0 Å². The molecule has 0 radical (unpaired) electrons. The first-order valence-corrected chi connectivity index (χ1v) is 3.93. The monoisotopic (exact) mass is 171 g/mol. The Labute approximate surface area is 71.8 Å². The van der Waals surface area contributed by atoms with E-state index in [-0.39, 0.29) is 0 Å². The summed E-state index contributed by atoms with van der Waals surface area (Å²) >= 11 is 0. The van der Waals surface area contributed by atoms with Crippen molar-refractivity contribution in [3.63, 3.8) is 0 Å². The van der Waals surface area contributed by atoms with Gasteiger partial charge in [0.1, 0.15) is 0 Å². The van der Waals surface area contributed by atoms with E-state index < -0.39 is 11.9 Å². The molecule has 0 bridgehead atoms. The van der Waals surface area contributed by atoms with Crippen molar-refractivity contribution in [3.05, 3.63) is 23.4 Å². The summed E-state index contributed by atoms with van der Waals surface area (Å²) < 4.78 is 13.2. The molecule has 1 rings (SSSR count). The molecule has 3 heteroatoms. The van der Waals surface area contributed by atoms with E-state index in [1.807, 2.05) is 0 Å². The van der Waals surface area contributed by atoms with Gasteiger partial charge in [0.2, 0.25) is 0 Å². The zero-order chi connectivity index (χ0) is 9.35. The van der Waals surface area contributed by atoms with E-state index in [4.69, 9.17) is 0 Å². The molecule has 0 aromatic rings. The van der Waals surface area contributed by atoms with Crippen LogP contribution in [0.1, 0.15) is 20.8 Å². The molecule has 0 saturated heterocycles. The van der Waals surface area contributed by atoms with Crippen LogP contribution in [0.2, 0.25) is 0 Å². The first-order chi connectivity index (χ1) is 5.41. The van der Waals surface area contributed by atoms with Crippen molar-refractivity contribution in [2.24, 2.45) is 0 Å². The summed E-state index contributed by atoms with van der Waals surface area (Å²) in [5, 5.41) is 12.1. The predicted molar refractivity (Wildman–Crippen MR) is 46.2 cm³/mol. The van der Waals surface area contributed by atoms with Gasteiger partial charge in [-0.3, -0.25) is 0 Å². The maximum absolute atomic E-state index is 13.2. The molecule has 0 spiro atoms. The van der Waals surface area contributed by atoms with Gasteiger partial charge in [0, 0.05) is 11.3 Å². The average molecular weight is 171 g/mol. The third-order valence-corrected chi connectivity index (χ3v) is 1.85. The van der Waals surface area contributed by atoms with Gasteiger partial charge in [-0.05, 0) is 26.8 Å². The fraction of sp³-hybridized carbons (Fsp3) is 0.556. The van der Waals surface area contributed by atoms with Gasteiger partial charge in [-0.2, -0.15) is 0 Å². The summed E-state index contributed by atoms with van der Waals surface area (Å²) in [6, 6.07) is 0. The topological polar surface area (TPSA) is 32.3 Å². The zero-order valence-electron chi connectivity index (χ0n) is 7.56. The molecule has 0 aliphatic carbocycles. The van der Waals surface area contributed by atoms with Gasteiger partial charge in [-0.1, -0.05) is 6.08 Å². The second-order valence-electron chi connectivity index (χ2n) is 3.54. The molecular weight excluding hydrogens is 157 g/mol. The summed E-state index contributed by atoms with van der Waals surface area (Å²) in [6.07, 6.45) is 2.11. The molecule has 1 atom stereocenters. The highest BCUT2D eigenvalue weighted by Gasteiger charge is 2.28. The Hall–Kier alpha value is -0.830. The summed E-state index contributed by atoms with van der Waals surface area (Å²) in [6.45, 7) is 4.92. The Morgan fingerprint density at radius 2 is 2.08 bits per heavy atom. The van der Waals surface area contributed by atoms with Crippen molar-refractivity contribution in [2.45, 2.75) is 32.7 Å². The van der Waals surface area contributed by atoms with Crippen molar-refractivity contribution >= 4 is 0 Å². The van der Waals surface area contributed by atoms with Gasteiger partial charge in [-0.25, -0.2) is 4.39 Å². The smallest absolute Gasteiger partial charge is 0.194 e. The first kappa shape index (κ1) is 9.26. The minimum Gasteiger partial charge on any atom is -0.386 e. The van der Waals surface area contributed by atoms with E-state index in [2.05, 4.69) is 5.32 Å². The number of alkyl halides is 1. The summed E-state index contributed by atoms with van der Waals surface area (Å²) in [4.78, 5) is 0. The molecule has 12 heavy (non-hydrogen) atoms. The Bertz CT molecular complexity index is 237. The van der Waals surface area contributed by atoms with Gasteiger partial charge in [0.05, 0.1) is 5.60 Å². The van der Waals surface area contributed by atoms with Crippen molar-refractivity contribution in [2.75, 3.05) is 0 Å². The second-order valence-corrected chi connectivity index (χ2v) is 3.54. The van der Waals surface area contributed by atoms with Crippen LogP contribution in [0, 0.1) is 0 Å². The maximum Gasteiger partial charge on any atom is 0.194 e. The molecular formula is C9H14FNO. The second kappa shape index (κ2) is 2.90. The van der Waals surface area contributed by atoms with Gasteiger partial charge in [-0.15, -0.1) is 0 Å². The van der Waals surface area contributed by atoms with Gasteiger partial charge < -0.3 is 10.4 Å². The Morgan fingerprint density at radius 3 is 2.50 bits per heavy atom. The van der Waals surface area contributed by atoms with E-state index in [1.165, 1.54) is 0 Å². The Kier molecular flexibility index (Phi) is 2.24. The standard InChI is InChI=1S/C9H14FNO/c1-6-4-5-7(8(10)11-6)9(2,3)12/h4-5,8,11-12H,1-3H3. The van der Waals surface area contributed by atoms with E-state index in [9.17, 15) is 9.50 Å². The highest BCUT2D eigenvalue weighted by atomic mass is 19.1. The van der Waals surface area contributed by atoms with Gasteiger partial charge >= 0.3 is 0 Å². The largest absolute Gasteiger partial charge is 0.386 e. The number of aliphatic hydroxyl groups is 1. The van der Waals surface area contributed by atoms with E-state index in [1.54, 1.807) is 32.9 Å². The van der Waals surface area contributed by atoms with Crippen molar-refractivity contribution in [1.29, 1.82) is 0 Å². The molecule has 2 N–H and O–H groups in total. The molecule has 1 aliphatic rings. The number of nitrogens with one attached hydrogen (secondary N) is 1. The number of hydrogen-bond donors (Lipinski definition) is 2.